The molecule has 7 heteroatoms. The summed E-state index contributed by atoms with van der Waals surface area (Å²) in [6.45, 7) is 6.53. The van der Waals surface area contributed by atoms with E-state index in [1.807, 2.05) is 6.92 Å². The Hall–Kier alpha value is -1.95. The van der Waals surface area contributed by atoms with Crippen LogP contribution in [0.25, 0.3) is 16.7 Å². The zero-order valence-corrected chi connectivity index (χ0v) is 15.2. The van der Waals surface area contributed by atoms with E-state index >= 15 is 0 Å². The maximum Gasteiger partial charge on any atom is 0.261 e. The van der Waals surface area contributed by atoms with Crippen LogP contribution in [0.15, 0.2) is 23.5 Å². The lowest BCUT2D eigenvalue weighted by molar-refractivity contribution is 0.00242. The molecule has 1 aromatic heterocycles. The van der Waals surface area contributed by atoms with Gasteiger partial charge in [-0.2, -0.15) is 0 Å². The maximum absolute atomic E-state index is 13.9. The Balaban J connectivity index is 1.97. The van der Waals surface area contributed by atoms with Gasteiger partial charge in [-0.15, -0.1) is 0 Å². The van der Waals surface area contributed by atoms with Crippen LogP contribution in [0.5, 0.6) is 0 Å². The van der Waals surface area contributed by atoms with Crippen LogP contribution in [0.2, 0.25) is 5.02 Å². The Labute approximate surface area is 154 Å². The average molecular weight is 381 g/mol. The number of hydrogen-bond acceptors (Lipinski definition) is 3. The molecule has 1 aromatic carbocycles. The van der Waals surface area contributed by atoms with Crippen LogP contribution in [-0.2, 0) is 16.7 Å². The van der Waals surface area contributed by atoms with E-state index in [0.717, 1.165) is 0 Å². The molecule has 2 aromatic rings. The normalized spacial score (nSPS) is 23.5. The molecule has 1 fully saturated rings. The molecule has 2 heterocycles. The van der Waals surface area contributed by atoms with E-state index in [2.05, 4.69) is 6.58 Å². The van der Waals surface area contributed by atoms with Gasteiger partial charge in [-0.1, -0.05) is 18.2 Å². The minimum absolute atomic E-state index is 0.167. The zero-order valence-electron chi connectivity index (χ0n) is 14.4. The lowest BCUT2D eigenvalue weighted by Crippen LogP contribution is -2.28. The molecule has 0 N–H and O–H groups in total. The van der Waals surface area contributed by atoms with Crippen LogP contribution >= 0.6 is 11.6 Å². The number of benzene rings is 1. The lowest BCUT2D eigenvalue weighted by Gasteiger charge is -2.23. The third-order valence-electron chi connectivity index (χ3n) is 5.50. The third kappa shape index (κ3) is 2.54. The molecule has 138 valence electrons. The second kappa shape index (κ2) is 5.78. The number of alkyl halides is 2. The molecule has 0 saturated heterocycles. The van der Waals surface area contributed by atoms with E-state index in [1.54, 1.807) is 12.1 Å². The van der Waals surface area contributed by atoms with Crippen LogP contribution in [0.1, 0.15) is 44.0 Å². The Kier molecular flexibility index (Phi) is 3.88. The number of ether oxygens (including phenoxy) is 1. The van der Waals surface area contributed by atoms with E-state index in [9.17, 15) is 13.6 Å². The largest absolute Gasteiger partial charge is 0.494 e. The van der Waals surface area contributed by atoms with Crippen LogP contribution in [0, 0.1) is 0 Å². The van der Waals surface area contributed by atoms with Gasteiger partial charge in [0.05, 0.1) is 17.5 Å². The molecular weight excluding hydrogens is 362 g/mol. The second-order valence-corrected chi connectivity index (χ2v) is 7.60. The summed E-state index contributed by atoms with van der Waals surface area (Å²) in [5.74, 6) is -1.89. The SMILES string of the molecule is C=C(OCC)c1cc(Cl)cc2c(=O)n3c(nc12)C1(CC3)CCC(F)(F)C1. The van der Waals surface area contributed by atoms with Crippen molar-refractivity contribution in [2.45, 2.75) is 50.5 Å². The van der Waals surface area contributed by atoms with E-state index in [0.29, 0.717) is 59.1 Å². The van der Waals surface area contributed by atoms with Gasteiger partial charge in [-0.05, 0) is 31.9 Å². The van der Waals surface area contributed by atoms with Gasteiger partial charge in [0.2, 0.25) is 5.92 Å². The molecule has 0 amide bonds. The first-order valence-corrected chi connectivity index (χ1v) is 9.09. The Morgan fingerprint density at radius 2 is 2.15 bits per heavy atom. The Bertz CT molecular complexity index is 986. The highest BCUT2D eigenvalue weighted by Crippen LogP contribution is 2.52. The highest BCUT2D eigenvalue weighted by atomic mass is 35.5. The number of rotatable bonds is 3. The summed E-state index contributed by atoms with van der Waals surface area (Å²) >= 11 is 6.18. The first-order valence-electron chi connectivity index (χ1n) is 8.71. The molecule has 1 aliphatic carbocycles. The van der Waals surface area contributed by atoms with Crippen molar-refractivity contribution in [2.75, 3.05) is 6.61 Å². The van der Waals surface area contributed by atoms with Crippen molar-refractivity contribution in [2.24, 2.45) is 0 Å². The lowest BCUT2D eigenvalue weighted by atomic mass is 9.84. The predicted octanol–water partition coefficient (Wildman–Crippen LogP) is 4.52. The number of hydrogen-bond donors (Lipinski definition) is 0. The molecule has 1 atom stereocenters. The summed E-state index contributed by atoms with van der Waals surface area (Å²) in [7, 11) is 0. The molecule has 1 unspecified atom stereocenters. The van der Waals surface area contributed by atoms with E-state index < -0.39 is 11.3 Å². The van der Waals surface area contributed by atoms with Crippen LogP contribution in [-0.4, -0.2) is 22.1 Å². The van der Waals surface area contributed by atoms with Gasteiger partial charge in [-0.3, -0.25) is 9.36 Å². The highest BCUT2D eigenvalue weighted by molar-refractivity contribution is 6.31. The standard InChI is InChI=1S/C19H19ClF2N2O2/c1-3-26-11(2)13-8-12(20)9-14-15(13)23-17-18(4-5-19(21,22)10-18)6-7-24(17)16(14)25/h8-9H,2-7,10H2,1H3. The van der Waals surface area contributed by atoms with Gasteiger partial charge in [0.25, 0.3) is 5.56 Å². The second-order valence-electron chi connectivity index (χ2n) is 7.16. The fraction of sp³-hybridized carbons (Fsp3) is 0.474. The molecule has 0 radical (unpaired) electrons. The summed E-state index contributed by atoms with van der Waals surface area (Å²) in [5, 5.41) is 0.742. The molecule has 26 heavy (non-hydrogen) atoms. The fourth-order valence-corrected chi connectivity index (χ4v) is 4.52. The first kappa shape index (κ1) is 17.5. The quantitative estimate of drug-likeness (QED) is 0.735. The Morgan fingerprint density at radius 1 is 1.38 bits per heavy atom. The molecule has 0 bridgehead atoms. The number of aromatic nitrogens is 2. The molecule has 2 aliphatic rings. The molecular formula is C19H19ClF2N2O2. The highest BCUT2D eigenvalue weighted by Gasteiger charge is 2.54. The monoisotopic (exact) mass is 380 g/mol. The molecule has 4 nitrogen and oxygen atoms in total. The van der Waals surface area contributed by atoms with E-state index in [-0.39, 0.29) is 18.4 Å². The van der Waals surface area contributed by atoms with Gasteiger partial charge < -0.3 is 4.74 Å². The van der Waals surface area contributed by atoms with Gasteiger partial charge in [0, 0.05) is 35.4 Å². The van der Waals surface area contributed by atoms with Gasteiger partial charge >= 0.3 is 0 Å². The van der Waals surface area contributed by atoms with E-state index in [4.69, 9.17) is 21.3 Å². The molecule has 1 saturated carbocycles. The summed E-state index contributed by atoms with van der Waals surface area (Å²) in [6, 6.07) is 3.22. The maximum atomic E-state index is 13.9. The number of nitrogens with zero attached hydrogens (tertiary/aromatic N) is 2. The summed E-state index contributed by atoms with van der Waals surface area (Å²) < 4.78 is 34.9. The summed E-state index contributed by atoms with van der Waals surface area (Å²) in [6.07, 6.45) is 0.428. The van der Waals surface area contributed by atoms with Gasteiger partial charge in [-0.25, -0.2) is 13.8 Å². The van der Waals surface area contributed by atoms with Crippen LogP contribution < -0.4 is 5.56 Å². The molecule has 1 aliphatic heterocycles. The number of halogens is 3. The predicted molar refractivity (Wildman–Crippen MR) is 96.8 cm³/mol. The fourth-order valence-electron chi connectivity index (χ4n) is 4.30. The van der Waals surface area contributed by atoms with Crippen molar-refractivity contribution in [3.05, 3.63) is 45.5 Å². The van der Waals surface area contributed by atoms with Crippen molar-refractivity contribution < 1.29 is 13.5 Å². The Morgan fingerprint density at radius 3 is 2.81 bits per heavy atom. The van der Waals surface area contributed by atoms with Crippen molar-refractivity contribution in [1.29, 1.82) is 0 Å². The average Bonchev–Trinajstić information content (AvgIpc) is 3.08. The molecule has 4 rings (SSSR count). The van der Waals surface area contributed by atoms with Crippen molar-refractivity contribution in [1.82, 2.24) is 9.55 Å². The van der Waals surface area contributed by atoms with Gasteiger partial charge in [0.1, 0.15) is 11.6 Å². The summed E-state index contributed by atoms with van der Waals surface area (Å²) in [5.41, 5.74) is -0.0341. The minimum Gasteiger partial charge on any atom is -0.494 e. The zero-order chi connectivity index (χ0) is 18.7. The topological polar surface area (TPSA) is 44.1 Å². The van der Waals surface area contributed by atoms with Crippen LogP contribution in [0.4, 0.5) is 8.78 Å². The minimum atomic E-state index is -2.71. The van der Waals surface area contributed by atoms with Crippen LogP contribution in [0.3, 0.4) is 0 Å². The van der Waals surface area contributed by atoms with Crippen molar-refractivity contribution in [3.63, 3.8) is 0 Å². The first-order chi connectivity index (χ1) is 12.3. The van der Waals surface area contributed by atoms with Crippen molar-refractivity contribution >= 4 is 28.3 Å². The van der Waals surface area contributed by atoms with Gasteiger partial charge in [0.15, 0.2) is 0 Å². The smallest absolute Gasteiger partial charge is 0.261 e. The van der Waals surface area contributed by atoms with E-state index in [1.165, 1.54) is 4.57 Å². The third-order valence-corrected chi connectivity index (χ3v) is 5.72. The number of fused-ring (bicyclic) bond motifs is 3. The van der Waals surface area contributed by atoms with Crippen molar-refractivity contribution in [3.8, 4) is 0 Å². The summed E-state index contributed by atoms with van der Waals surface area (Å²) in [4.78, 5) is 17.7. The molecule has 1 spiro atoms.